The van der Waals surface area contributed by atoms with Gasteiger partial charge in [-0.2, -0.15) is 0 Å². The molecule has 5 heteroatoms. The number of halogens is 2. The first-order valence-electron chi connectivity index (χ1n) is 5.45. The van der Waals surface area contributed by atoms with Crippen molar-refractivity contribution >= 4 is 23.3 Å². The van der Waals surface area contributed by atoms with Crippen LogP contribution in [0.3, 0.4) is 0 Å². The molecular weight excluding hydrogens is 245 g/mol. The van der Waals surface area contributed by atoms with Crippen molar-refractivity contribution in [3.8, 4) is 0 Å². The van der Waals surface area contributed by atoms with Crippen molar-refractivity contribution in [2.75, 3.05) is 11.4 Å². The molecule has 0 saturated carbocycles. The molecule has 0 aromatic heterocycles. The molecule has 0 bridgehead atoms. The molecule has 1 N–H and O–H groups in total. The number of aliphatic carboxylic acids is 1. The molecule has 1 aromatic carbocycles. The van der Waals surface area contributed by atoms with Gasteiger partial charge in [0.25, 0.3) is 0 Å². The number of carbonyl (C=O) groups is 1. The standard InChI is InChI=1S/C12H13ClFNO2/c1-7-9(12(16)17)4-5-15(7)8-2-3-11(14)10(13)6-8/h2-3,6-7,9H,4-5H2,1H3,(H,16,17). The van der Waals surface area contributed by atoms with Crippen LogP contribution in [0.15, 0.2) is 18.2 Å². The molecule has 0 amide bonds. The molecule has 0 spiro atoms. The van der Waals surface area contributed by atoms with Gasteiger partial charge in [0.1, 0.15) is 5.82 Å². The molecule has 0 radical (unpaired) electrons. The van der Waals surface area contributed by atoms with Gasteiger partial charge in [-0.1, -0.05) is 11.6 Å². The average molecular weight is 258 g/mol. The number of anilines is 1. The topological polar surface area (TPSA) is 40.5 Å². The lowest BCUT2D eigenvalue weighted by Crippen LogP contribution is -2.32. The summed E-state index contributed by atoms with van der Waals surface area (Å²) in [5.74, 6) is -1.62. The van der Waals surface area contributed by atoms with Crippen LogP contribution in [0.25, 0.3) is 0 Å². The van der Waals surface area contributed by atoms with E-state index in [2.05, 4.69) is 0 Å². The fourth-order valence-corrected chi connectivity index (χ4v) is 2.47. The Morgan fingerprint density at radius 2 is 2.29 bits per heavy atom. The van der Waals surface area contributed by atoms with Crippen LogP contribution in [0.5, 0.6) is 0 Å². The summed E-state index contributed by atoms with van der Waals surface area (Å²) < 4.78 is 13.0. The van der Waals surface area contributed by atoms with E-state index in [-0.39, 0.29) is 17.0 Å². The van der Waals surface area contributed by atoms with Crippen LogP contribution in [0.4, 0.5) is 10.1 Å². The Labute approximate surface area is 104 Å². The van der Waals surface area contributed by atoms with E-state index in [1.54, 1.807) is 6.07 Å². The number of nitrogens with zero attached hydrogens (tertiary/aromatic N) is 1. The fraction of sp³-hybridized carbons (Fsp3) is 0.417. The third kappa shape index (κ3) is 2.22. The average Bonchev–Trinajstić information content (AvgIpc) is 2.64. The van der Waals surface area contributed by atoms with Gasteiger partial charge in [-0.3, -0.25) is 4.79 Å². The maximum atomic E-state index is 13.0. The first kappa shape index (κ1) is 12.2. The minimum atomic E-state index is -0.784. The van der Waals surface area contributed by atoms with Crippen molar-refractivity contribution in [3.63, 3.8) is 0 Å². The predicted octanol–water partition coefficient (Wildman–Crippen LogP) is 2.78. The molecule has 1 aliphatic heterocycles. The molecule has 2 rings (SSSR count). The van der Waals surface area contributed by atoms with Gasteiger partial charge in [0.15, 0.2) is 0 Å². The van der Waals surface area contributed by atoms with E-state index in [4.69, 9.17) is 16.7 Å². The van der Waals surface area contributed by atoms with Gasteiger partial charge in [0.2, 0.25) is 0 Å². The van der Waals surface area contributed by atoms with Crippen molar-refractivity contribution < 1.29 is 14.3 Å². The second-order valence-electron chi connectivity index (χ2n) is 4.27. The molecule has 1 aromatic rings. The Morgan fingerprint density at radius 3 is 2.82 bits per heavy atom. The van der Waals surface area contributed by atoms with Crippen LogP contribution in [-0.2, 0) is 4.79 Å². The van der Waals surface area contributed by atoms with Crippen LogP contribution in [0.1, 0.15) is 13.3 Å². The van der Waals surface area contributed by atoms with E-state index >= 15 is 0 Å². The quantitative estimate of drug-likeness (QED) is 0.886. The molecule has 1 fully saturated rings. The summed E-state index contributed by atoms with van der Waals surface area (Å²) in [6.07, 6.45) is 0.603. The first-order valence-corrected chi connectivity index (χ1v) is 5.83. The zero-order valence-electron chi connectivity index (χ0n) is 9.36. The highest BCUT2D eigenvalue weighted by Crippen LogP contribution is 2.31. The lowest BCUT2D eigenvalue weighted by molar-refractivity contribution is -0.141. The molecule has 92 valence electrons. The third-order valence-electron chi connectivity index (χ3n) is 3.31. The normalized spacial score (nSPS) is 24.1. The van der Waals surface area contributed by atoms with Gasteiger partial charge in [-0.15, -0.1) is 0 Å². The molecular formula is C12H13ClFNO2. The highest BCUT2D eigenvalue weighted by molar-refractivity contribution is 6.31. The summed E-state index contributed by atoms with van der Waals surface area (Å²) in [4.78, 5) is 12.9. The van der Waals surface area contributed by atoms with E-state index in [0.717, 1.165) is 5.69 Å². The van der Waals surface area contributed by atoms with E-state index < -0.39 is 11.8 Å². The number of hydrogen-bond donors (Lipinski definition) is 1. The Kier molecular flexibility index (Phi) is 3.24. The molecule has 1 aliphatic rings. The highest BCUT2D eigenvalue weighted by Gasteiger charge is 2.35. The smallest absolute Gasteiger partial charge is 0.308 e. The summed E-state index contributed by atoms with van der Waals surface area (Å²) in [6.45, 7) is 2.52. The monoisotopic (exact) mass is 257 g/mol. The van der Waals surface area contributed by atoms with Crippen LogP contribution in [0.2, 0.25) is 5.02 Å². The Balaban J connectivity index is 2.24. The van der Waals surface area contributed by atoms with Crippen molar-refractivity contribution in [1.82, 2.24) is 0 Å². The lowest BCUT2D eigenvalue weighted by atomic mass is 10.0. The summed E-state index contributed by atoms with van der Waals surface area (Å²) in [7, 11) is 0. The van der Waals surface area contributed by atoms with Gasteiger partial charge < -0.3 is 10.0 Å². The summed E-state index contributed by atoms with van der Waals surface area (Å²) in [5.41, 5.74) is 0.771. The molecule has 2 atom stereocenters. The van der Waals surface area contributed by atoms with Gasteiger partial charge in [0.05, 0.1) is 10.9 Å². The summed E-state index contributed by atoms with van der Waals surface area (Å²) in [6, 6.07) is 4.37. The minimum absolute atomic E-state index is 0.0634. The van der Waals surface area contributed by atoms with Crippen molar-refractivity contribution in [3.05, 3.63) is 29.0 Å². The maximum Gasteiger partial charge on any atom is 0.308 e. The Morgan fingerprint density at radius 1 is 1.59 bits per heavy atom. The Bertz CT molecular complexity index is 452. The zero-order valence-corrected chi connectivity index (χ0v) is 10.1. The minimum Gasteiger partial charge on any atom is -0.481 e. The number of rotatable bonds is 2. The fourth-order valence-electron chi connectivity index (χ4n) is 2.30. The first-order chi connectivity index (χ1) is 8.00. The van der Waals surface area contributed by atoms with Crippen molar-refractivity contribution in [2.45, 2.75) is 19.4 Å². The molecule has 3 nitrogen and oxygen atoms in total. The van der Waals surface area contributed by atoms with Crippen molar-refractivity contribution in [2.24, 2.45) is 5.92 Å². The molecule has 2 unspecified atom stereocenters. The Hall–Kier alpha value is -1.29. The van der Waals surface area contributed by atoms with Crippen LogP contribution >= 0.6 is 11.6 Å². The van der Waals surface area contributed by atoms with Crippen molar-refractivity contribution in [1.29, 1.82) is 0 Å². The van der Waals surface area contributed by atoms with Gasteiger partial charge in [-0.05, 0) is 31.5 Å². The SMILES string of the molecule is CC1C(C(=O)O)CCN1c1ccc(F)c(Cl)c1. The molecule has 0 aliphatic carbocycles. The number of carboxylic acid groups (broad SMARTS) is 1. The zero-order chi connectivity index (χ0) is 12.6. The third-order valence-corrected chi connectivity index (χ3v) is 3.60. The number of carboxylic acids is 1. The highest BCUT2D eigenvalue weighted by atomic mass is 35.5. The van der Waals surface area contributed by atoms with Gasteiger partial charge in [-0.25, -0.2) is 4.39 Å². The van der Waals surface area contributed by atoms with E-state index in [9.17, 15) is 9.18 Å². The van der Waals surface area contributed by atoms with Gasteiger partial charge in [0, 0.05) is 18.3 Å². The van der Waals surface area contributed by atoms with Crippen LogP contribution in [-0.4, -0.2) is 23.7 Å². The number of hydrogen-bond acceptors (Lipinski definition) is 2. The molecule has 1 saturated heterocycles. The van der Waals surface area contributed by atoms with E-state index in [1.165, 1.54) is 12.1 Å². The predicted molar refractivity (Wildman–Crippen MR) is 64.0 cm³/mol. The molecule has 1 heterocycles. The second-order valence-corrected chi connectivity index (χ2v) is 4.67. The lowest BCUT2D eigenvalue weighted by Gasteiger charge is -2.25. The number of benzene rings is 1. The largest absolute Gasteiger partial charge is 0.481 e. The summed E-state index contributed by atoms with van der Waals surface area (Å²) in [5, 5.41) is 9.10. The van der Waals surface area contributed by atoms with Crippen LogP contribution in [0, 0.1) is 11.7 Å². The van der Waals surface area contributed by atoms with Gasteiger partial charge >= 0.3 is 5.97 Å². The summed E-state index contributed by atoms with van der Waals surface area (Å²) >= 11 is 5.72. The maximum absolute atomic E-state index is 13.0. The van der Waals surface area contributed by atoms with E-state index in [1.807, 2.05) is 11.8 Å². The van der Waals surface area contributed by atoms with E-state index in [0.29, 0.717) is 13.0 Å². The van der Waals surface area contributed by atoms with Crippen LogP contribution < -0.4 is 4.90 Å². The second kappa shape index (κ2) is 4.53. The molecule has 17 heavy (non-hydrogen) atoms.